The van der Waals surface area contributed by atoms with E-state index in [1.165, 1.54) is 0 Å². The molecule has 10 heteroatoms. The zero-order valence-corrected chi connectivity index (χ0v) is 15.1. The van der Waals surface area contributed by atoms with Crippen LogP contribution in [0.25, 0.3) is 0 Å². The number of H-pyrrole nitrogens is 1. The van der Waals surface area contributed by atoms with Crippen molar-refractivity contribution in [3.63, 3.8) is 0 Å². The van der Waals surface area contributed by atoms with Gasteiger partial charge in [0.25, 0.3) is 5.91 Å². The molecule has 0 bridgehead atoms. The summed E-state index contributed by atoms with van der Waals surface area (Å²) in [5.74, 6) is 0.349. The van der Waals surface area contributed by atoms with Crippen molar-refractivity contribution in [2.75, 3.05) is 30.7 Å². The molecule has 2 heterocycles. The SMILES string of the molecule is CS(=O)(=O)Nc1ccc(OCCNC(=O)c2n[nH]c3c2CNCC3)cc1. The molecule has 0 spiro atoms. The highest BCUT2D eigenvalue weighted by Gasteiger charge is 2.21. The van der Waals surface area contributed by atoms with E-state index in [-0.39, 0.29) is 12.5 Å². The minimum absolute atomic E-state index is 0.234. The van der Waals surface area contributed by atoms with Crippen LogP contribution in [0.2, 0.25) is 0 Å². The molecule has 26 heavy (non-hydrogen) atoms. The van der Waals surface area contributed by atoms with Crippen molar-refractivity contribution in [3.8, 4) is 5.75 Å². The Morgan fingerprint density at radius 1 is 1.31 bits per heavy atom. The Hall–Kier alpha value is -2.59. The molecule has 0 fully saturated rings. The third-order valence-electron chi connectivity index (χ3n) is 3.84. The van der Waals surface area contributed by atoms with Gasteiger partial charge in [0.2, 0.25) is 10.0 Å². The van der Waals surface area contributed by atoms with Crippen LogP contribution >= 0.6 is 0 Å². The van der Waals surface area contributed by atoms with Gasteiger partial charge in [-0.2, -0.15) is 5.10 Å². The number of hydrogen-bond acceptors (Lipinski definition) is 6. The molecule has 140 valence electrons. The molecule has 1 aliphatic rings. The molecular formula is C16H21N5O4S. The van der Waals surface area contributed by atoms with Gasteiger partial charge in [0.15, 0.2) is 5.69 Å². The first kappa shape index (κ1) is 18.2. The number of fused-ring (bicyclic) bond motifs is 1. The van der Waals surface area contributed by atoms with Gasteiger partial charge >= 0.3 is 0 Å². The third-order valence-corrected chi connectivity index (χ3v) is 4.44. The Morgan fingerprint density at radius 2 is 2.08 bits per heavy atom. The Labute approximate surface area is 151 Å². The van der Waals surface area contributed by atoms with Crippen LogP contribution < -0.4 is 20.1 Å². The maximum absolute atomic E-state index is 12.2. The lowest BCUT2D eigenvalue weighted by Crippen LogP contribution is -2.31. The van der Waals surface area contributed by atoms with E-state index in [0.717, 1.165) is 30.5 Å². The summed E-state index contributed by atoms with van der Waals surface area (Å²) < 4.78 is 30.2. The highest BCUT2D eigenvalue weighted by Crippen LogP contribution is 2.17. The smallest absolute Gasteiger partial charge is 0.272 e. The molecule has 4 N–H and O–H groups in total. The normalized spacial score (nSPS) is 13.7. The molecule has 0 unspecified atom stereocenters. The number of amides is 1. The zero-order chi connectivity index (χ0) is 18.6. The van der Waals surface area contributed by atoms with E-state index in [4.69, 9.17) is 4.74 Å². The van der Waals surface area contributed by atoms with Gasteiger partial charge in [0, 0.05) is 36.5 Å². The lowest BCUT2D eigenvalue weighted by Gasteiger charge is -2.13. The predicted molar refractivity (Wildman–Crippen MR) is 96.7 cm³/mol. The largest absolute Gasteiger partial charge is 0.492 e. The molecule has 1 aliphatic heterocycles. The first-order chi connectivity index (χ1) is 12.4. The predicted octanol–water partition coefficient (Wildman–Crippen LogP) is 0.236. The van der Waals surface area contributed by atoms with Gasteiger partial charge in [-0.25, -0.2) is 8.42 Å². The van der Waals surface area contributed by atoms with Gasteiger partial charge in [-0.3, -0.25) is 14.6 Å². The second kappa shape index (κ2) is 7.75. The molecule has 0 radical (unpaired) electrons. The Balaban J connectivity index is 1.45. The van der Waals surface area contributed by atoms with Crippen LogP contribution in [0.15, 0.2) is 24.3 Å². The highest BCUT2D eigenvalue weighted by atomic mass is 32.2. The van der Waals surface area contributed by atoms with Crippen molar-refractivity contribution < 1.29 is 17.9 Å². The number of aromatic amines is 1. The van der Waals surface area contributed by atoms with Crippen LogP contribution in [-0.2, 0) is 23.0 Å². The molecule has 1 aromatic heterocycles. The summed E-state index contributed by atoms with van der Waals surface area (Å²) in [5.41, 5.74) is 2.81. The van der Waals surface area contributed by atoms with Crippen molar-refractivity contribution in [1.82, 2.24) is 20.8 Å². The second-order valence-corrected chi connectivity index (χ2v) is 7.71. The number of benzene rings is 1. The van der Waals surface area contributed by atoms with E-state index in [1.807, 2.05) is 0 Å². The van der Waals surface area contributed by atoms with E-state index in [2.05, 4.69) is 25.6 Å². The number of sulfonamides is 1. The summed E-state index contributed by atoms with van der Waals surface area (Å²) in [7, 11) is -3.30. The first-order valence-electron chi connectivity index (χ1n) is 8.18. The number of nitrogens with one attached hydrogen (secondary N) is 4. The molecular weight excluding hydrogens is 358 g/mol. The molecule has 0 saturated carbocycles. The maximum Gasteiger partial charge on any atom is 0.272 e. The number of aromatic nitrogens is 2. The second-order valence-electron chi connectivity index (χ2n) is 5.96. The van der Waals surface area contributed by atoms with Crippen LogP contribution in [-0.4, -0.2) is 50.5 Å². The fourth-order valence-electron chi connectivity index (χ4n) is 2.66. The van der Waals surface area contributed by atoms with Crippen LogP contribution in [0.4, 0.5) is 5.69 Å². The topological polar surface area (TPSA) is 125 Å². The minimum Gasteiger partial charge on any atom is -0.492 e. The van der Waals surface area contributed by atoms with E-state index >= 15 is 0 Å². The Bertz CT molecular complexity index is 877. The summed E-state index contributed by atoms with van der Waals surface area (Å²) in [4.78, 5) is 12.2. The lowest BCUT2D eigenvalue weighted by atomic mass is 10.1. The molecule has 0 atom stereocenters. The van der Waals surface area contributed by atoms with E-state index < -0.39 is 10.0 Å². The maximum atomic E-state index is 12.2. The number of hydrogen-bond donors (Lipinski definition) is 4. The lowest BCUT2D eigenvalue weighted by molar-refractivity contribution is 0.0941. The van der Waals surface area contributed by atoms with Gasteiger partial charge in [-0.1, -0.05) is 0 Å². The van der Waals surface area contributed by atoms with Crippen LogP contribution in [0.1, 0.15) is 21.7 Å². The van der Waals surface area contributed by atoms with Gasteiger partial charge in [0.05, 0.1) is 12.8 Å². The summed E-state index contributed by atoms with van der Waals surface area (Å²) in [6, 6.07) is 6.53. The van der Waals surface area contributed by atoms with Crippen LogP contribution in [0.5, 0.6) is 5.75 Å². The van der Waals surface area contributed by atoms with Crippen LogP contribution in [0.3, 0.4) is 0 Å². The zero-order valence-electron chi connectivity index (χ0n) is 14.3. The van der Waals surface area contributed by atoms with E-state index in [0.29, 0.717) is 30.2 Å². The average molecular weight is 379 g/mol. The number of anilines is 1. The van der Waals surface area contributed by atoms with Crippen molar-refractivity contribution in [3.05, 3.63) is 41.2 Å². The van der Waals surface area contributed by atoms with Crippen molar-refractivity contribution in [2.24, 2.45) is 0 Å². The van der Waals surface area contributed by atoms with Gasteiger partial charge < -0.3 is 15.4 Å². The van der Waals surface area contributed by atoms with Crippen molar-refractivity contribution >= 4 is 21.6 Å². The summed E-state index contributed by atoms with van der Waals surface area (Å²) in [6.45, 7) is 2.13. The minimum atomic E-state index is -3.30. The number of carbonyl (C=O) groups is 1. The fraction of sp³-hybridized carbons (Fsp3) is 0.375. The molecule has 0 saturated heterocycles. The first-order valence-corrected chi connectivity index (χ1v) is 10.1. The number of nitrogens with zero attached hydrogens (tertiary/aromatic N) is 1. The third kappa shape index (κ3) is 4.73. The summed E-state index contributed by atoms with van der Waals surface area (Å²) in [6.07, 6.45) is 1.93. The van der Waals surface area contributed by atoms with Crippen molar-refractivity contribution in [2.45, 2.75) is 13.0 Å². The number of carbonyl (C=O) groups excluding carboxylic acids is 1. The number of rotatable bonds is 7. The van der Waals surface area contributed by atoms with Gasteiger partial charge in [-0.05, 0) is 24.3 Å². The summed E-state index contributed by atoms with van der Waals surface area (Å²) >= 11 is 0. The average Bonchev–Trinajstić information content (AvgIpc) is 3.03. The standard InChI is InChI=1S/C16H21N5O4S/c1-26(23,24)21-11-2-4-12(5-3-11)25-9-8-18-16(22)15-13-10-17-7-6-14(13)19-20-15/h2-5,17,21H,6-10H2,1H3,(H,18,22)(H,19,20). The molecule has 9 nitrogen and oxygen atoms in total. The highest BCUT2D eigenvalue weighted by molar-refractivity contribution is 7.92. The Kier molecular flexibility index (Phi) is 5.43. The summed E-state index contributed by atoms with van der Waals surface area (Å²) in [5, 5.41) is 13.0. The molecule has 0 aliphatic carbocycles. The van der Waals surface area contributed by atoms with E-state index in [9.17, 15) is 13.2 Å². The monoisotopic (exact) mass is 379 g/mol. The molecule has 3 rings (SSSR count). The van der Waals surface area contributed by atoms with Crippen LogP contribution in [0, 0.1) is 0 Å². The van der Waals surface area contributed by atoms with E-state index in [1.54, 1.807) is 24.3 Å². The van der Waals surface area contributed by atoms with Crippen molar-refractivity contribution in [1.29, 1.82) is 0 Å². The molecule has 1 aromatic carbocycles. The Morgan fingerprint density at radius 3 is 2.81 bits per heavy atom. The van der Waals surface area contributed by atoms with Gasteiger partial charge in [-0.15, -0.1) is 0 Å². The van der Waals surface area contributed by atoms with Gasteiger partial charge in [0.1, 0.15) is 12.4 Å². The quantitative estimate of drug-likeness (QED) is 0.511. The fourth-order valence-corrected chi connectivity index (χ4v) is 3.23. The molecule has 1 amide bonds. The number of ether oxygens (including phenoxy) is 1. The molecule has 2 aromatic rings.